The van der Waals surface area contributed by atoms with Gasteiger partial charge in [0.1, 0.15) is 0 Å². The molecule has 0 amide bonds. The molecule has 1 aromatic heterocycles. The van der Waals surface area contributed by atoms with Crippen LogP contribution in [0.25, 0.3) is 0 Å². The number of anilines is 1. The zero-order valence-electron chi connectivity index (χ0n) is 9.49. The molecule has 0 spiro atoms. The zero-order valence-corrected chi connectivity index (χ0v) is 9.49. The molecule has 5 heteroatoms. The third kappa shape index (κ3) is 2.88. The summed E-state index contributed by atoms with van der Waals surface area (Å²) in [6.45, 7) is 3.08. The summed E-state index contributed by atoms with van der Waals surface area (Å²) in [5.74, 6) is 0.829. The Labute approximate surface area is 94.9 Å². The summed E-state index contributed by atoms with van der Waals surface area (Å²) in [6.07, 6.45) is 4.87. The van der Waals surface area contributed by atoms with Crippen LogP contribution >= 0.6 is 0 Å². The van der Waals surface area contributed by atoms with E-state index >= 15 is 0 Å². The van der Waals surface area contributed by atoms with Crippen molar-refractivity contribution >= 4 is 5.95 Å². The predicted octanol–water partition coefficient (Wildman–Crippen LogP) is 1.05. The lowest BCUT2D eigenvalue weighted by Crippen LogP contribution is -2.37. The molecule has 2 heterocycles. The van der Waals surface area contributed by atoms with Gasteiger partial charge in [-0.2, -0.15) is 0 Å². The number of rotatable bonds is 3. The largest absolute Gasteiger partial charge is 0.344 e. The lowest BCUT2D eigenvalue weighted by Gasteiger charge is -2.27. The van der Waals surface area contributed by atoms with E-state index in [9.17, 15) is 4.39 Å². The van der Waals surface area contributed by atoms with Crippen molar-refractivity contribution in [3.8, 4) is 0 Å². The summed E-state index contributed by atoms with van der Waals surface area (Å²) < 4.78 is 12.7. The first-order valence-electron chi connectivity index (χ1n) is 5.65. The van der Waals surface area contributed by atoms with Gasteiger partial charge in [0.25, 0.3) is 0 Å². The molecular formula is C11H17FN4. The van der Waals surface area contributed by atoms with Gasteiger partial charge in [0, 0.05) is 13.6 Å². The molecule has 1 aromatic rings. The van der Waals surface area contributed by atoms with Crippen LogP contribution in [0.5, 0.6) is 0 Å². The van der Waals surface area contributed by atoms with Crippen molar-refractivity contribution in [2.45, 2.75) is 12.8 Å². The van der Waals surface area contributed by atoms with Crippen LogP contribution in [0.3, 0.4) is 0 Å². The third-order valence-corrected chi connectivity index (χ3v) is 2.88. The van der Waals surface area contributed by atoms with E-state index in [-0.39, 0.29) is 0 Å². The maximum Gasteiger partial charge on any atom is 0.225 e. The van der Waals surface area contributed by atoms with Crippen LogP contribution in [0.1, 0.15) is 12.8 Å². The molecule has 1 aliphatic rings. The normalized spacial score (nSPS) is 20.8. The smallest absolute Gasteiger partial charge is 0.225 e. The molecule has 1 N–H and O–H groups in total. The van der Waals surface area contributed by atoms with Crippen molar-refractivity contribution in [2.24, 2.45) is 5.92 Å². The number of nitrogens with one attached hydrogen (secondary N) is 1. The first kappa shape index (κ1) is 11.3. The Morgan fingerprint density at radius 2 is 2.25 bits per heavy atom. The second-order valence-corrected chi connectivity index (χ2v) is 4.29. The van der Waals surface area contributed by atoms with E-state index in [4.69, 9.17) is 0 Å². The second-order valence-electron chi connectivity index (χ2n) is 4.29. The van der Waals surface area contributed by atoms with Crippen molar-refractivity contribution in [3.05, 3.63) is 18.2 Å². The van der Waals surface area contributed by atoms with Crippen molar-refractivity contribution in [3.63, 3.8) is 0 Å². The molecular weight excluding hydrogens is 207 g/mol. The van der Waals surface area contributed by atoms with Crippen LogP contribution in [0.4, 0.5) is 10.3 Å². The Kier molecular flexibility index (Phi) is 3.66. The monoisotopic (exact) mass is 224 g/mol. The SMILES string of the molecule is CN(CC1CCCNC1)c1ncc(F)cn1. The molecule has 0 aliphatic carbocycles. The Morgan fingerprint density at radius 1 is 1.50 bits per heavy atom. The van der Waals surface area contributed by atoms with Gasteiger partial charge in [0.05, 0.1) is 12.4 Å². The summed E-state index contributed by atoms with van der Waals surface area (Å²) in [4.78, 5) is 9.91. The Balaban J connectivity index is 1.91. The fourth-order valence-corrected chi connectivity index (χ4v) is 2.05. The Morgan fingerprint density at radius 3 is 2.88 bits per heavy atom. The first-order valence-corrected chi connectivity index (χ1v) is 5.65. The topological polar surface area (TPSA) is 41.0 Å². The average Bonchev–Trinajstić information content (AvgIpc) is 2.31. The maximum absolute atomic E-state index is 12.7. The number of hydrogen-bond acceptors (Lipinski definition) is 4. The van der Waals surface area contributed by atoms with Crippen LogP contribution < -0.4 is 10.2 Å². The van der Waals surface area contributed by atoms with Crippen LogP contribution in [0.15, 0.2) is 12.4 Å². The molecule has 88 valence electrons. The van der Waals surface area contributed by atoms with Crippen LogP contribution in [-0.2, 0) is 0 Å². The fraction of sp³-hybridized carbons (Fsp3) is 0.636. The molecule has 0 bridgehead atoms. The first-order chi connectivity index (χ1) is 7.75. The Hall–Kier alpha value is -1.23. The standard InChI is InChI=1S/C11H17FN4/c1-16(8-9-3-2-4-13-5-9)11-14-6-10(12)7-15-11/h6-7,9,13H,2-5,8H2,1H3. The van der Waals surface area contributed by atoms with Crippen molar-refractivity contribution in [1.82, 2.24) is 15.3 Å². The summed E-state index contributed by atoms with van der Waals surface area (Å²) in [5.41, 5.74) is 0. The van der Waals surface area contributed by atoms with E-state index in [0.717, 1.165) is 19.6 Å². The lowest BCUT2D eigenvalue weighted by molar-refractivity contribution is 0.380. The highest BCUT2D eigenvalue weighted by Crippen LogP contribution is 2.13. The molecule has 1 saturated heterocycles. The van der Waals surface area contributed by atoms with Gasteiger partial charge in [0.2, 0.25) is 5.95 Å². The van der Waals surface area contributed by atoms with Gasteiger partial charge in [-0.15, -0.1) is 0 Å². The average molecular weight is 224 g/mol. The zero-order chi connectivity index (χ0) is 11.4. The maximum atomic E-state index is 12.7. The minimum Gasteiger partial charge on any atom is -0.344 e. The Bertz CT molecular complexity index is 321. The van der Waals surface area contributed by atoms with Crippen molar-refractivity contribution in [2.75, 3.05) is 31.6 Å². The summed E-state index contributed by atoms with van der Waals surface area (Å²) >= 11 is 0. The number of nitrogens with zero attached hydrogens (tertiary/aromatic N) is 3. The van der Waals surface area contributed by atoms with E-state index in [1.807, 2.05) is 11.9 Å². The van der Waals surface area contributed by atoms with Crippen molar-refractivity contribution < 1.29 is 4.39 Å². The lowest BCUT2D eigenvalue weighted by atomic mass is 9.99. The third-order valence-electron chi connectivity index (χ3n) is 2.88. The number of halogens is 1. The quantitative estimate of drug-likeness (QED) is 0.833. The highest BCUT2D eigenvalue weighted by Gasteiger charge is 2.16. The van der Waals surface area contributed by atoms with Gasteiger partial charge in [-0.1, -0.05) is 0 Å². The summed E-state index contributed by atoms with van der Waals surface area (Å²) in [7, 11) is 1.95. The summed E-state index contributed by atoms with van der Waals surface area (Å²) in [6, 6.07) is 0. The summed E-state index contributed by atoms with van der Waals surface area (Å²) in [5, 5.41) is 3.37. The van der Waals surface area contributed by atoms with Crippen LogP contribution in [0, 0.1) is 11.7 Å². The molecule has 0 radical (unpaired) electrons. The molecule has 1 unspecified atom stereocenters. The van der Waals surface area contributed by atoms with Gasteiger partial charge >= 0.3 is 0 Å². The molecule has 4 nitrogen and oxygen atoms in total. The molecule has 1 atom stereocenters. The minimum absolute atomic E-state index is 0.392. The van der Waals surface area contributed by atoms with Gasteiger partial charge < -0.3 is 10.2 Å². The van der Waals surface area contributed by atoms with E-state index < -0.39 is 5.82 Å². The van der Waals surface area contributed by atoms with Crippen molar-refractivity contribution in [1.29, 1.82) is 0 Å². The molecule has 2 rings (SSSR count). The number of piperidine rings is 1. The van der Waals surface area contributed by atoms with E-state index in [1.165, 1.54) is 25.2 Å². The van der Waals surface area contributed by atoms with E-state index in [2.05, 4.69) is 15.3 Å². The van der Waals surface area contributed by atoms with Crippen LogP contribution in [-0.4, -0.2) is 36.6 Å². The fourth-order valence-electron chi connectivity index (χ4n) is 2.05. The minimum atomic E-state index is -0.392. The van der Waals surface area contributed by atoms with Gasteiger partial charge in [-0.25, -0.2) is 14.4 Å². The predicted molar refractivity (Wildman–Crippen MR) is 60.9 cm³/mol. The van der Waals surface area contributed by atoms with Crippen LogP contribution in [0.2, 0.25) is 0 Å². The van der Waals surface area contributed by atoms with Gasteiger partial charge in [-0.3, -0.25) is 0 Å². The van der Waals surface area contributed by atoms with Gasteiger partial charge in [0.15, 0.2) is 5.82 Å². The van der Waals surface area contributed by atoms with Gasteiger partial charge in [-0.05, 0) is 31.8 Å². The highest BCUT2D eigenvalue weighted by molar-refractivity contribution is 5.26. The number of aromatic nitrogens is 2. The second kappa shape index (κ2) is 5.21. The molecule has 0 aromatic carbocycles. The highest BCUT2D eigenvalue weighted by atomic mass is 19.1. The molecule has 1 aliphatic heterocycles. The van der Waals surface area contributed by atoms with E-state index in [1.54, 1.807) is 0 Å². The number of hydrogen-bond donors (Lipinski definition) is 1. The van der Waals surface area contributed by atoms with E-state index in [0.29, 0.717) is 11.9 Å². The molecule has 1 fully saturated rings. The molecule has 0 saturated carbocycles. The molecule has 16 heavy (non-hydrogen) atoms.